The Labute approximate surface area is 157 Å². The van der Waals surface area contributed by atoms with Gasteiger partial charge in [0.25, 0.3) is 0 Å². The Morgan fingerprint density at radius 3 is 2.50 bits per heavy atom. The molecule has 0 unspecified atom stereocenters. The third kappa shape index (κ3) is 5.95. The molecule has 0 spiro atoms. The van der Waals surface area contributed by atoms with Crippen molar-refractivity contribution in [3.8, 4) is 0 Å². The molecule has 1 aromatic rings. The Kier molecular flexibility index (Phi) is 6.64. The van der Waals surface area contributed by atoms with Crippen molar-refractivity contribution in [2.45, 2.75) is 57.8 Å². The topological polar surface area (TPSA) is 80.5 Å². The summed E-state index contributed by atoms with van der Waals surface area (Å²) in [6, 6.07) is 6.57. The SMILES string of the molecule is CC(C)=CCC[C@]1(C)CCC(=O)N(CCc2ccc(S(N)(=O)=O)cc2)C1. The van der Waals surface area contributed by atoms with Crippen molar-refractivity contribution in [3.05, 3.63) is 41.5 Å². The van der Waals surface area contributed by atoms with E-state index in [1.807, 2.05) is 4.90 Å². The maximum absolute atomic E-state index is 12.3. The van der Waals surface area contributed by atoms with Crippen LogP contribution in [0.15, 0.2) is 40.8 Å². The molecule has 0 aromatic heterocycles. The molecule has 1 fully saturated rings. The summed E-state index contributed by atoms with van der Waals surface area (Å²) in [6.07, 6.45) is 6.67. The van der Waals surface area contributed by atoms with E-state index in [2.05, 4.69) is 26.8 Å². The molecule has 1 amide bonds. The zero-order chi connectivity index (χ0) is 19.4. The van der Waals surface area contributed by atoms with E-state index in [4.69, 9.17) is 5.14 Å². The lowest BCUT2D eigenvalue weighted by Gasteiger charge is -2.40. The van der Waals surface area contributed by atoms with Crippen LogP contribution in [0.3, 0.4) is 0 Å². The Balaban J connectivity index is 1.95. The molecule has 0 aliphatic carbocycles. The summed E-state index contributed by atoms with van der Waals surface area (Å²) in [4.78, 5) is 14.4. The molecule has 5 nitrogen and oxygen atoms in total. The number of hydrogen-bond acceptors (Lipinski definition) is 3. The lowest BCUT2D eigenvalue weighted by atomic mass is 9.77. The van der Waals surface area contributed by atoms with Crippen LogP contribution in [-0.4, -0.2) is 32.3 Å². The first-order valence-electron chi connectivity index (χ1n) is 9.12. The number of benzene rings is 1. The van der Waals surface area contributed by atoms with Gasteiger partial charge in [0.05, 0.1) is 4.90 Å². The van der Waals surface area contributed by atoms with E-state index in [-0.39, 0.29) is 16.2 Å². The van der Waals surface area contributed by atoms with Gasteiger partial charge in [-0.25, -0.2) is 13.6 Å². The van der Waals surface area contributed by atoms with E-state index in [1.54, 1.807) is 12.1 Å². The van der Waals surface area contributed by atoms with Gasteiger partial charge < -0.3 is 4.90 Å². The second-order valence-corrected chi connectivity index (χ2v) is 9.45. The number of carbonyl (C=O) groups excluding carboxylic acids is 1. The number of rotatable bonds is 7. The number of likely N-dealkylation sites (tertiary alicyclic amines) is 1. The molecule has 26 heavy (non-hydrogen) atoms. The number of sulfonamides is 1. The second kappa shape index (κ2) is 8.35. The first-order valence-corrected chi connectivity index (χ1v) is 10.7. The summed E-state index contributed by atoms with van der Waals surface area (Å²) >= 11 is 0. The molecule has 1 saturated heterocycles. The van der Waals surface area contributed by atoms with Gasteiger partial charge in [-0.1, -0.05) is 30.7 Å². The summed E-state index contributed by atoms with van der Waals surface area (Å²) in [5.74, 6) is 0.214. The van der Waals surface area contributed by atoms with Crippen LogP contribution in [0.1, 0.15) is 52.0 Å². The average Bonchev–Trinajstić information content (AvgIpc) is 2.55. The number of carbonyl (C=O) groups is 1. The van der Waals surface area contributed by atoms with Gasteiger partial charge in [0, 0.05) is 19.5 Å². The molecule has 1 aromatic carbocycles. The van der Waals surface area contributed by atoms with Crippen LogP contribution in [0.2, 0.25) is 0 Å². The van der Waals surface area contributed by atoms with Gasteiger partial charge in [0.1, 0.15) is 0 Å². The van der Waals surface area contributed by atoms with Crippen LogP contribution >= 0.6 is 0 Å². The van der Waals surface area contributed by atoms with Crippen molar-refractivity contribution >= 4 is 15.9 Å². The van der Waals surface area contributed by atoms with Crippen LogP contribution < -0.4 is 5.14 Å². The van der Waals surface area contributed by atoms with E-state index in [0.717, 1.165) is 31.4 Å². The zero-order valence-corrected chi connectivity index (χ0v) is 16.8. The van der Waals surface area contributed by atoms with Gasteiger partial charge in [-0.15, -0.1) is 0 Å². The number of nitrogens with two attached hydrogens (primary N) is 1. The molecule has 1 aliphatic heterocycles. The predicted molar refractivity (Wildman–Crippen MR) is 104 cm³/mol. The minimum absolute atomic E-state index is 0.113. The molecule has 1 atom stereocenters. The molecular formula is C20H30N2O3S. The van der Waals surface area contributed by atoms with Gasteiger partial charge in [0.2, 0.25) is 15.9 Å². The smallest absolute Gasteiger partial charge is 0.238 e. The summed E-state index contributed by atoms with van der Waals surface area (Å²) < 4.78 is 22.6. The van der Waals surface area contributed by atoms with Crippen molar-refractivity contribution in [1.29, 1.82) is 0 Å². The van der Waals surface area contributed by atoms with Crippen molar-refractivity contribution in [2.24, 2.45) is 10.6 Å². The monoisotopic (exact) mass is 378 g/mol. The number of nitrogens with zero attached hydrogens (tertiary/aromatic N) is 1. The number of primary sulfonamides is 1. The lowest BCUT2D eigenvalue weighted by Crippen LogP contribution is -2.46. The predicted octanol–water partition coefficient (Wildman–Crippen LogP) is 3.25. The Hall–Kier alpha value is -1.66. The Morgan fingerprint density at radius 1 is 1.27 bits per heavy atom. The number of allylic oxidation sites excluding steroid dienone is 2. The van der Waals surface area contributed by atoms with Crippen LogP contribution in [-0.2, 0) is 21.2 Å². The zero-order valence-electron chi connectivity index (χ0n) is 16.0. The first kappa shape index (κ1) is 20.6. The number of amides is 1. The van der Waals surface area contributed by atoms with Crippen molar-refractivity contribution in [2.75, 3.05) is 13.1 Å². The molecule has 6 heteroatoms. The van der Waals surface area contributed by atoms with Crippen LogP contribution in [0.25, 0.3) is 0 Å². The summed E-state index contributed by atoms with van der Waals surface area (Å²) in [5.41, 5.74) is 2.50. The van der Waals surface area contributed by atoms with Gasteiger partial charge in [-0.3, -0.25) is 4.79 Å². The highest BCUT2D eigenvalue weighted by molar-refractivity contribution is 7.89. The normalized spacial score (nSPS) is 20.9. The summed E-state index contributed by atoms with van der Waals surface area (Å²) in [7, 11) is -3.66. The molecule has 0 saturated carbocycles. The Morgan fingerprint density at radius 2 is 1.92 bits per heavy atom. The highest BCUT2D eigenvalue weighted by atomic mass is 32.2. The van der Waals surface area contributed by atoms with E-state index in [9.17, 15) is 13.2 Å². The molecule has 144 valence electrons. The third-order valence-corrected chi connectivity index (χ3v) is 6.02. The average molecular weight is 379 g/mol. The fourth-order valence-corrected chi connectivity index (χ4v) is 3.94. The van der Waals surface area contributed by atoms with Gasteiger partial charge in [0.15, 0.2) is 0 Å². The third-order valence-electron chi connectivity index (χ3n) is 5.09. The quantitative estimate of drug-likeness (QED) is 0.740. The van der Waals surface area contributed by atoms with Crippen molar-refractivity contribution in [3.63, 3.8) is 0 Å². The number of piperidine rings is 1. The van der Waals surface area contributed by atoms with Crippen molar-refractivity contribution < 1.29 is 13.2 Å². The highest BCUT2D eigenvalue weighted by Crippen LogP contribution is 2.35. The van der Waals surface area contributed by atoms with Crippen molar-refractivity contribution in [1.82, 2.24) is 4.90 Å². The van der Waals surface area contributed by atoms with Gasteiger partial charge in [-0.2, -0.15) is 0 Å². The van der Waals surface area contributed by atoms with Gasteiger partial charge >= 0.3 is 0 Å². The fourth-order valence-electron chi connectivity index (χ4n) is 3.42. The van der Waals surface area contributed by atoms with Crippen LogP contribution in [0.4, 0.5) is 0 Å². The minimum atomic E-state index is -3.66. The van der Waals surface area contributed by atoms with Crippen LogP contribution in [0.5, 0.6) is 0 Å². The van der Waals surface area contributed by atoms with Crippen LogP contribution in [0, 0.1) is 5.41 Å². The standard InChI is InChI=1S/C20H30N2O3S/c1-16(2)5-4-12-20(3)13-10-19(23)22(15-20)14-11-17-6-8-18(9-7-17)26(21,24)25/h5-9H,4,10-15H2,1-3H3,(H2,21,24,25)/t20-/m1/s1. The first-order chi connectivity index (χ1) is 12.1. The molecule has 2 rings (SSSR count). The molecule has 2 N–H and O–H groups in total. The maximum Gasteiger partial charge on any atom is 0.238 e. The Bertz CT molecular complexity index is 765. The molecule has 0 bridgehead atoms. The van der Waals surface area contributed by atoms with Gasteiger partial charge in [-0.05, 0) is 62.6 Å². The molecule has 0 radical (unpaired) electrons. The molecular weight excluding hydrogens is 348 g/mol. The summed E-state index contributed by atoms with van der Waals surface area (Å²) in [5, 5.41) is 5.12. The fraction of sp³-hybridized carbons (Fsp3) is 0.550. The molecule has 1 aliphatic rings. The largest absolute Gasteiger partial charge is 0.342 e. The summed E-state index contributed by atoms with van der Waals surface area (Å²) in [6.45, 7) is 7.94. The van der Waals surface area contributed by atoms with E-state index >= 15 is 0 Å². The van der Waals surface area contributed by atoms with E-state index in [0.29, 0.717) is 19.4 Å². The minimum Gasteiger partial charge on any atom is -0.342 e. The lowest BCUT2D eigenvalue weighted by molar-refractivity contribution is -0.137. The molecule has 1 heterocycles. The van der Waals surface area contributed by atoms with E-state index < -0.39 is 10.0 Å². The number of hydrogen-bond donors (Lipinski definition) is 1. The second-order valence-electron chi connectivity index (χ2n) is 7.89. The van der Waals surface area contributed by atoms with E-state index in [1.165, 1.54) is 17.7 Å². The highest BCUT2D eigenvalue weighted by Gasteiger charge is 2.33. The maximum atomic E-state index is 12.3.